The van der Waals surface area contributed by atoms with Gasteiger partial charge in [-0.25, -0.2) is 0 Å². The average molecular weight is 1060 g/mol. The van der Waals surface area contributed by atoms with E-state index >= 15 is 0 Å². The second-order valence-electron chi connectivity index (χ2n) is 21.5. The fourth-order valence-corrected chi connectivity index (χ4v) is 9.11. The smallest absolute Gasteiger partial charge is 0.306 e. The summed E-state index contributed by atoms with van der Waals surface area (Å²) in [5.41, 5.74) is 0. The Morgan fingerprint density at radius 1 is 0.486 bits per heavy atom. The van der Waals surface area contributed by atoms with Crippen LogP contribution in [0.25, 0.3) is 0 Å². The third kappa shape index (κ3) is 54.0. The van der Waals surface area contributed by atoms with Crippen molar-refractivity contribution in [3.8, 4) is 0 Å². The van der Waals surface area contributed by atoms with Crippen molar-refractivity contribution >= 4 is 19.7 Å². The number of carbonyl (C=O) groups is 2. The molecule has 0 aromatic heterocycles. The van der Waals surface area contributed by atoms with Crippen molar-refractivity contribution < 1.29 is 37.3 Å². The SMILES string of the molecule is CC/C=C/C/C=C/C/C=C/C/C=C/C/C=C/CCC(=O)NC(COP(=O)([O-])OCC[N+](C)(C)C)C(/C=C/CCCCCCCCCCCCC)OC(=O)CCCCCCCCCCC/C=C/CCCCCCCC. The number of nitrogens with zero attached hydrogens (tertiary/aromatic N) is 1. The molecular weight excluding hydrogens is 940 g/mol. The molecule has 0 rings (SSSR count). The molecule has 1 amide bonds. The largest absolute Gasteiger partial charge is 0.756 e. The van der Waals surface area contributed by atoms with Crippen LogP contribution in [-0.4, -0.2) is 69.4 Å². The zero-order valence-electron chi connectivity index (χ0n) is 48.8. The molecule has 0 saturated heterocycles. The Balaban J connectivity index is 5.40. The fraction of sp³-hybridized carbons (Fsp3) is 0.750. The third-order valence-corrected chi connectivity index (χ3v) is 14.0. The molecule has 0 aromatic carbocycles. The van der Waals surface area contributed by atoms with E-state index < -0.39 is 26.6 Å². The molecule has 0 aromatic rings. The van der Waals surface area contributed by atoms with E-state index in [9.17, 15) is 19.0 Å². The van der Waals surface area contributed by atoms with Gasteiger partial charge >= 0.3 is 5.97 Å². The van der Waals surface area contributed by atoms with Crippen molar-refractivity contribution in [2.45, 2.75) is 270 Å². The minimum atomic E-state index is -4.72. The van der Waals surface area contributed by atoms with Gasteiger partial charge in [-0.1, -0.05) is 241 Å². The lowest BCUT2D eigenvalue weighted by molar-refractivity contribution is -0.870. The van der Waals surface area contributed by atoms with Gasteiger partial charge in [-0.15, -0.1) is 0 Å². The van der Waals surface area contributed by atoms with Gasteiger partial charge in [0.2, 0.25) is 5.91 Å². The molecule has 3 atom stereocenters. The lowest BCUT2D eigenvalue weighted by atomic mass is 10.0. The number of amides is 1. The molecule has 0 bridgehead atoms. The van der Waals surface area contributed by atoms with Crippen LogP contribution in [-0.2, 0) is 27.9 Å². The maximum absolute atomic E-state index is 13.5. The van der Waals surface area contributed by atoms with E-state index in [0.29, 0.717) is 17.4 Å². The molecule has 0 aliphatic rings. The molecule has 0 aliphatic heterocycles. The Labute approximate surface area is 456 Å². The van der Waals surface area contributed by atoms with Crippen LogP contribution in [0.15, 0.2) is 85.1 Å². The number of unbranched alkanes of at least 4 members (excludes halogenated alkanes) is 26. The van der Waals surface area contributed by atoms with E-state index in [4.69, 9.17) is 13.8 Å². The van der Waals surface area contributed by atoms with Crippen LogP contribution in [0, 0.1) is 0 Å². The maximum Gasteiger partial charge on any atom is 0.306 e. The highest BCUT2D eigenvalue weighted by atomic mass is 31.2. The molecular formula is C64H115N2O7P. The molecule has 0 spiro atoms. The van der Waals surface area contributed by atoms with Gasteiger partial charge in [0.15, 0.2) is 0 Å². The first-order valence-electron chi connectivity index (χ1n) is 30.4. The number of rotatable bonds is 54. The van der Waals surface area contributed by atoms with Crippen LogP contribution in [0.3, 0.4) is 0 Å². The summed E-state index contributed by atoms with van der Waals surface area (Å²) in [6, 6.07) is -0.932. The second-order valence-corrected chi connectivity index (χ2v) is 22.9. The van der Waals surface area contributed by atoms with Gasteiger partial charge in [0, 0.05) is 12.8 Å². The molecule has 0 heterocycles. The first kappa shape index (κ1) is 71.2. The quantitative estimate of drug-likeness (QED) is 0.0212. The number of quaternary nitrogens is 1. The number of hydrogen-bond acceptors (Lipinski definition) is 7. The van der Waals surface area contributed by atoms with Gasteiger partial charge in [0.1, 0.15) is 19.3 Å². The normalized spacial score (nSPS) is 14.3. The molecule has 0 aliphatic carbocycles. The maximum atomic E-state index is 13.5. The summed E-state index contributed by atoms with van der Waals surface area (Å²) in [7, 11) is 1.13. The van der Waals surface area contributed by atoms with E-state index in [2.05, 4.69) is 86.8 Å². The first-order chi connectivity index (χ1) is 35.9. The number of phosphoric acid groups is 1. The van der Waals surface area contributed by atoms with E-state index in [1.54, 1.807) is 0 Å². The lowest BCUT2D eigenvalue weighted by Gasteiger charge is -2.30. The summed E-state index contributed by atoms with van der Waals surface area (Å²) >= 11 is 0. The van der Waals surface area contributed by atoms with Crippen LogP contribution in [0.1, 0.15) is 258 Å². The second kappa shape index (κ2) is 53.6. The molecule has 9 nitrogen and oxygen atoms in total. The topological polar surface area (TPSA) is 114 Å². The van der Waals surface area contributed by atoms with Gasteiger partial charge in [-0.05, 0) is 89.5 Å². The molecule has 0 fully saturated rings. The number of likely N-dealkylation sites (N-methyl/N-ethyl adjacent to an activating group) is 1. The Hall–Kier alpha value is -2.81. The Bertz CT molecular complexity index is 1540. The van der Waals surface area contributed by atoms with Gasteiger partial charge in [-0.3, -0.25) is 14.2 Å². The molecule has 0 radical (unpaired) electrons. The zero-order chi connectivity index (χ0) is 54.3. The van der Waals surface area contributed by atoms with Crippen LogP contribution in [0.2, 0.25) is 0 Å². The third-order valence-electron chi connectivity index (χ3n) is 13.1. The number of nitrogens with one attached hydrogen (secondary N) is 1. The highest BCUT2D eigenvalue weighted by molar-refractivity contribution is 7.45. The van der Waals surface area contributed by atoms with Crippen LogP contribution >= 0.6 is 7.82 Å². The van der Waals surface area contributed by atoms with Crippen molar-refractivity contribution in [2.75, 3.05) is 40.9 Å². The number of hydrogen-bond donors (Lipinski definition) is 1. The Morgan fingerprint density at radius 3 is 1.32 bits per heavy atom. The van der Waals surface area contributed by atoms with Crippen LogP contribution < -0.4 is 10.2 Å². The van der Waals surface area contributed by atoms with E-state index in [-0.39, 0.29) is 31.3 Å². The molecule has 1 N–H and O–H groups in total. The summed E-state index contributed by atoms with van der Waals surface area (Å²) in [6.45, 7) is 6.67. The number of phosphoric ester groups is 1. The number of esters is 1. The van der Waals surface area contributed by atoms with Gasteiger partial charge in [-0.2, -0.15) is 0 Å². The number of ether oxygens (including phenoxy) is 1. The van der Waals surface area contributed by atoms with Gasteiger partial charge < -0.3 is 28.5 Å². The summed E-state index contributed by atoms with van der Waals surface area (Å²) in [5, 5.41) is 2.98. The summed E-state index contributed by atoms with van der Waals surface area (Å²) in [4.78, 5) is 39.9. The van der Waals surface area contributed by atoms with Crippen molar-refractivity contribution in [2.24, 2.45) is 0 Å². The number of allylic oxidation sites excluding steroid dienone is 13. The standard InChI is InChI=1S/C64H115N2O7P/c1-7-10-13-16-19-22-25-28-30-32-33-34-36-39-42-45-48-51-54-57-64(68)73-62(55-52-49-46-43-40-37-27-24-21-18-15-12-9-3)61(60-72-74(69,70)71-59-58-66(4,5)6)65-63(67)56-53-50-47-44-41-38-35-31-29-26-23-20-17-14-11-8-2/h11,14,20,23,28-31,38,41,47,50,52,55,61-62H,7-10,12-13,15-19,21-22,24-27,32-37,39-40,42-46,48-49,51,53-54,56-60H2,1-6H3,(H-,65,67,69,70)/b14-11+,23-20+,30-28+,31-29+,41-38+,50-47+,55-52+. The van der Waals surface area contributed by atoms with Gasteiger partial charge in [0.05, 0.1) is 33.8 Å². The number of carbonyl (C=O) groups excluding carboxylic acids is 2. The van der Waals surface area contributed by atoms with Crippen molar-refractivity contribution in [3.05, 3.63) is 85.1 Å². The zero-order valence-corrected chi connectivity index (χ0v) is 49.7. The van der Waals surface area contributed by atoms with Crippen LogP contribution in [0.5, 0.6) is 0 Å². The van der Waals surface area contributed by atoms with Crippen molar-refractivity contribution in [3.63, 3.8) is 0 Å². The molecule has 3 unspecified atom stereocenters. The fourth-order valence-electron chi connectivity index (χ4n) is 8.39. The van der Waals surface area contributed by atoms with E-state index in [1.807, 2.05) is 45.4 Å². The molecule has 428 valence electrons. The molecule has 10 heteroatoms. The highest BCUT2D eigenvalue weighted by Gasteiger charge is 2.27. The predicted molar refractivity (Wildman–Crippen MR) is 316 cm³/mol. The van der Waals surface area contributed by atoms with E-state index in [0.717, 1.165) is 77.0 Å². The average Bonchev–Trinajstić information content (AvgIpc) is 3.36. The first-order valence-corrected chi connectivity index (χ1v) is 31.9. The van der Waals surface area contributed by atoms with E-state index in [1.165, 1.54) is 141 Å². The van der Waals surface area contributed by atoms with Crippen LogP contribution in [0.4, 0.5) is 0 Å². The molecule has 74 heavy (non-hydrogen) atoms. The predicted octanol–water partition coefficient (Wildman–Crippen LogP) is 18.0. The monoisotopic (exact) mass is 1050 g/mol. The molecule has 0 saturated carbocycles. The van der Waals surface area contributed by atoms with Crippen molar-refractivity contribution in [1.29, 1.82) is 0 Å². The minimum Gasteiger partial charge on any atom is -0.756 e. The summed E-state index contributed by atoms with van der Waals surface area (Å²) < 4.78 is 30.2. The Kier molecular flexibility index (Phi) is 51.5. The summed E-state index contributed by atoms with van der Waals surface area (Å²) in [6.07, 6.45) is 70.0. The lowest BCUT2D eigenvalue weighted by Crippen LogP contribution is -2.47. The van der Waals surface area contributed by atoms with Gasteiger partial charge in [0.25, 0.3) is 7.82 Å². The Morgan fingerprint density at radius 2 is 0.878 bits per heavy atom. The highest BCUT2D eigenvalue weighted by Crippen LogP contribution is 2.38. The minimum absolute atomic E-state index is 0.0386. The van der Waals surface area contributed by atoms with Crippen molar-refractivity contribution in [1.82, 2.24) is 5.32 Å². The summed E-state index contributed by atoms with van der Waals surface area (Å²) in [5.74, 6) is -0.639.